The van der Waals surface area contributed by atoms with Gasteiger partial charge < -0.3 is 10.2 Å². The van der Waals surface area contributed by atoms with E-state index in [2.05, 4.69) is 33.0 Å². The molecule has 0 spiro atoms. The third-order valence-electron chi connectivity index (χ3n) is 3.86. The number of nitrogens with one attached hydrogen (secondary N) is 1. The molecule has 1 rings (SSSR count). The average molecular weight is 240 g/mol. The SMILES string of the molecule is CC(C)C(CNCC(=O)N(C)C1CC1)C(C)C. The van der Waals surface area contributed by atoms with Gasteiger partial charge >= 0.3 is 0 Å². The van der Waals surface area contributed by atoms with Gasteiger partial charge in [-0.05, 0) is 37.1 Å². The quantitative estimate of drug-likeness (QED) is 0.739. The van der Waals surface area contributed by atoms with E-state index in [1.54, 1.807) is 0 Å². The Bertz CT molecular complexity index is 239. The molecule has 17 heavy (non-hydrogen) atoms. The van der Waals surface area contributed by atoms with Crippen molar-refractivity contribution in [3.8, 4) is 0 Å². The number of hydrogen-bond acceptors (Lipinski definition) is 2. The number of rotatable bonds is 7. The zero-order valence-electron chi connectivity index (χ0n) is 12.0. The van der Waals surface area contributed by atoms with Crippen LogP contribution in [0.5, 0.6) is 0 Å². The molecule has 0 atom stereocenters. The summed E-state index contributed by atoms with van der Waals surface area (Å²) < 4.78 is 0. The highest BCUT2D eigenvalue weighted by atomic mass is 16.2. The summed E-state index contributed by atoms with van der Waals surface area (Å²) in [4.78, 5) is 13.7. The molecule has 0 aromatic rings. The largest absolute Gasteiger partial charge is 0.342 e. The average Bonchev–Trinajstić information content (AvgIpc) is 3.05. The maximum Gasteiger partial charge on any atom is 0.236 e. The van der Waals surface area contributed by atoms with Crippen molar-refractivity contribution in [2.45, 2.75) is 46.6 Å². The molecule has 1 N–H and O–H groups in total. The third-order valence-corrected chi connectivity index (χ3v) is 3.86. The van der Waals surface area contributed by atoms with Gasteiger partial charge in [0.1, 0.15) is 0 Å². The van der Waals surface area contributed by atoms with Crippen LogP contribution >= 0.6 is 0 Å². The van der Waals surface area contributed by atoms with Crippen LogP contribution in [0.15, 0.2) is 0 Å². The fourth-order valence-corrected chi connectivity index (χ4v) is 2.38. The monoisotopic (exact) mass is 240 g/mol. The van der Waals surface area contributed by atoms with E-state index in [9.17, 15) is 4.79 Å². The van der Waals surface area contributed by atoms with Gasteiger partial charge in [0, 0.05) is 13.1 Å². The van der Waals surface area contributed by atoms with E-state index in [-0.39, 0.29) is 5.91 Å². The molecule has 1 aliphatic rings. The number of likely N-dealkylation sites (N-methyl/N-ethyl adjacent to an activating group) is 1. The molecule has 100 valence electrons. The van der Waals surface area contributed by atoms with Crippen LogP contribution in [0.3, 0.4) is 0 Å². The Morgan fingerprint density at radius 1 is 1.24 bits per heavy atom. The van der Waals surface area contributed by atoms with E-state index in [1.165, 1.54) is 12.8 Å². The summed E-state index contributed by atoms with van der Waals surface area (Å²) in [7, 11) is 1.92. The summed E-state index contributed by atoms with van der Waals surface area (Å²) in [6.45, 7) is 10.5. The van der Waals surface area contributed by atoms with Gasteiger partial charge in [-0.15, -0.1) is 0 Å². The van der Waals surface area contributed by atoms with E-state index in [0.717, 1.165) is 6.54 Å². The second-order valence-corrected chi connectivity index (χ2v) is 6.02. The maximum absolute atomic E-state index is 11.8. The minimum atomic E-state index is 0.235. The third kappa shape index (κ3) is 4.66. The molecular formula is C14H28N2O. The van der Waals surface area contributed by atoms with Crippen LogP contribution in [0.25, 0.3) is 0 Å². The maximum atomic E-state index is 11.8. The summed E-state index contributed by atoms with van der Waals surface area (Å²) >= 11 is 0. The van der Waals surface area contributed by atoms with E-state index in [0.29, 0.717) is 30.3 Å². The normalized spacial score (nSPS) is 16.0. The van der Waals surface area contributed by atoms with Crippen molar-refractivity contribution in [1.29, 1.82) is 0 Å². The molecule has 0 aromatic heterocycles. The number of hydrogen-bond donors (Lipinski definition) is 1. The fraction of sp³-hybridized carbons (Fsp3) is 0.929. The lowest BCUT2D eigenvalue weighted by atomic mass is 9.85. The van der Waals surface area contributed by atoms with Gasteiger partial charge in [0.2, 0.25) is 5.91 Å². The highest BCUT2D eigenvalue weighted by molar-refractivity contribution is 5.78. The van der Waals surface area contributed by atoms with E-state index in [4.69, 9.17) is 0 Å². The molecule has 1 saturated carbocycles. The minimum Gasteiger partial charge on any atom is -0.342 e. The molecule has 0 heterocycles. The van der Waals surface area contributed by atoms with Crippen molar-refractivity contribution >= 4 is 5.91 Å². The van der Waals surface area contributed by atoms with E-state index < -0.39 is 0 Å². The molecule has 0 aromatic carbocycles. The topological polar surface area (TPSA) is 32.3 Å². The second-order valence-electron chi connectivity index (χ2n) is 6.02. The summed E-state index contributed by atoms with van der Waals surface area (Å²) in [5.41, 5.74) is 0. The van der Waals surface area contributed by atoms with E-state index >= 15 is 0 Å². The van der Waals surface area contributed by atoms with Crippen LogP contribution in [0.1, 0.15) is 40.5 Å². The fourth-order valence-electron chi connectivity index (χ4n) is 2.38. The Morgan fingerprint density at radius 2 is 1.76 bits per heavy atom. The predicted octanol–water partition coefficient (Wildman–Crippen LogP) is 2.12. The lowest BCUT2D eigenvalue weighted by Crippen LogP contribution is -2.39. The first-order valence-corrected chi connectivity index (χ1v) is 6.89. The molecule has 0 bridgehead atoms. The van der Waals surface area contributed by atoms with Gasteiger partial charge in [-0.3, -0.25) is 4.79 Å². The molecule has 1 amide bonds. The van der Waals surface area contributed by atoms with Gasteiger partial charge in [0.15, 0.2) is 0 Å². The van der Waals surface area contributed by atoms with Gasteiger partial charge in [-0.2, -0.15) is 0 Å². The van der Waals surface area contributed by atoms with Gasteiger partial charge in [0.05, 0.1) is 6.54 Å². The van der Waals surface area contributed by atoms with E-state index in [1.807, 2.05) is 11.9 Å². The van der Waals surface area contributed by atoms with Crippen molar-refractivity contribution in [1.82, 2.24) is 10.2 Å². The first-order chi connectivity index (χ1) is 7.93. The molecular weight excluding hydrogens is 212 g/mol. The van der Waals surface area contributed by atoms with Crippen LogP contribution in [-0.4, -0.2) is 37.0 Å². The van der Waals surface area contributed by atoms with Crippen molar-refractivity contribution in [3.05, 3.63) is 0 Å². The van der Waals surface area contributed by atoms with Crippen LogP contribution in [0.4, 0.5) is 0 Å². The number of amides is 1. The molecule has 0 radical (unpaired) electrons. The number of carbonyl (C=O) groups excluding carboxylic acids is 1. The van der Waals surface area contributed by atoms with Crippen molar-refractivity contribution in [2.24, 2.45) is 17.8 Å². The summed E-state index contributed by atoms with van der Waals surface area (Å²) in [5, 5.41) is 3.32. The Balaban J connectivity index is 2.23. The molecule has 3 heteroatoms. The highest BCUT2D eigenvalue weighted by Gasteiger charge is 2.29. The highest BCUT2D eigenvalue weighted by Crippen LogP contribution is 2.25. The molecule has 0 unspecified atom stereocenters. The molecule has 0 saturated heterocycles. The smallest absolute Gasteiger partial charge is 0.236 e. The molecule has 1 fully saturated rings. The summed E-state index contributed by atoms with van der Waals surface area (Å²) in [6, 6.07) is 0.523. The van der Waals surface area contributed by atoms with Crippen LogP contribution in [0.2, 0.25) is 0 Å². The Labute approximate surface area is 106 Å². The Morgan fingerprint density at radius 3 is 2.18 bits per heavy atom. The minimum absolute atomic E-state index is 0.235. The Kier molecular flexibility index (Phi) is 5.44. The summed E-state index contributed by atoms with van der Waals surface area (Å²) in [5.74, 6) is 2.21. The Hall–Kier alpha value is -0.570. The van der Waals surface area contributed by atoms with Gasteiger partial charge in [0.25, 0.3) is 0 Å². The predicted molar refractivity (Wildman–Crippen MR) is 71.8 cm³/mol. The van der Waals surface area contributed by atoms with Crippen molar-refractivity contribution < 1.29 is 4.79 Å². The standard InChI is InChI=1S/C14H28N2O/c1-10(2)13(11(3)4)8-15-9-14(17)16(5)12-6-7-12/h10-13,15H,6-9H2,1-5H3. The zero-order valence-corrected chi connectivity index (χ0v) is 12.0. The van der Waals surface area contributed by atoms with Gasteiger partial charge in [-0.1, -0.05) is 27.7 Å². The summed E-state index contributed by atoms with van der Waals surface area (Å²) in [6.07, 6.45) is 2.37. The van der Waals surface area contributed by atoms with Crippen LogP contribution in [-0.2, 0) is 4.79 Å². The zero-order chi connectivity index (χ0) is 13.0. The lowest BCUT2D eigenvalue weighted by Gasteiger charge is -2.25. The molecule has 3 nitrogen and oxygen atoms in total. The number of carbonyl (C=O) groups is 1. The van der Waals surface area contributed by atoms with Crippen LogP contribution < -0.4 is 5.32 Å². The lowest BCUT2D eigenvalue weighted by molar-refractivity contribution is -0.129. The molecule has 0 aliphatic heterocycles. The second kappa shape index (κ2) is 6.39. The first kappa shape index (κ1) is 14.5. The molecule has 1 aliphatic carbocycles. The number of nitrogens with zero attached hydrogens (tertiary/aromatic N) is 1. The van der Waals surface area contributed by atoms with Crippen molar-refractivity contribution in [3.63, 3.8) is 0 Å². The van der Waals surface area contributed by atoms with Crippen LogP contribution in [0, 0.1) is 17.8 Å². The first-order valence-electron chi connectivity index (χ1n) is 6.89. The van der Waals surface area contributed by atoms with Crippen molar-refractivity contribution in [2.75, 3.05) is 20.1 Å². The van der Waals surface area contributed by atoms with Gasteiger partial charge in [-0.25, -0.2) is 0 Å².